The van der Waals surface area contributed by atoms with Crippen LogP contribution in [-0.4, -0.2) is 28.8 Å². The highest BCUT2D eigenvalue weighted by atomic mass is 127. The molecule has 2 N–H and O–H groups in total. The van der Waals surface area contributed by atoms with Gasteiger partial charge in [0.05, 0.1) is 12.2 Å². The van der Waals surface area contributed by atoms with Crippen LogP contribution in [0.2, 0.25) is 0 Å². The molecule has 0 atom stereocenters. The van der Waals surface area contributed by atoms with E-state index in [2.05, 4.69) is 59.7 Å². The molecule has 0 unspecified atom stereocenters. The summed E-state index contributed by atoms with van der Waals surface area (Å²) in [7, 11) is 1.94. The summed E-state index contributed by atoms with van der Waals surface area (Å²) in [6, 6.07) is 8.68. The van der Waals surface area contributed by atoms with Crippen molar-refractivity contribution < 1.29 is 0 Å². The second kappa shape index (κ2) is 10.3. The topological polar surface area (TPSA) is 54.2 Å². The van der Waals surface area contributed by atoms with E-state index in [9.17, 15) is 0 Å². The minimum Gasteiger partial charge on any atom is -0.357 e. The second-order valence-corrected chi connectivity index (χ2v) is 5.81. The van der Waals surface area contributed by atoms with Gasteiger partial charge in [-0.15, -0.1) is 24.0 Å². The van der Waals surface area contributed by atoms with Crippen LogP contribution in [0.15, 0.2) is 35.5 Å². The Morgan fingerprint density at radius 3 is 2.46 bits per heavy atom. The lowest BCUT2D eigenvalue weighted by Gasteiger charge is -2.12. The molecule has 132 valence electrons. The van der Waals surface area contributed by atoms with Gasteiger partial charge < -0.3 is 10.6 Å². The molecule has 0 spiro atoms. The van der Waals surface area contributed by atoms with Crippen LogP contribution in [0.4, 0.5) is 0 Å². The van der Waals surface area contributed by atoms with Gasteiger partial charge in [0.2, 0.25) is 0 Å². The van der Waals surface area contributed by atoms with Crippen molar-refractivity contribution in [2.24, 2.45) is 12.0 Å². The zero-order valence-corrected chi connectivity index (χ0v) is 17.3. The van der Waals surface area contributed by atoms with Gasteiger partial charge >= 0.3 is 0 Å². The number of hydrogen-bond acceptors (Lipinski definition) is 2. The van der Waals surface area contributed by atoms with Crippen LogP contribution in [0, 0.1) is 13.8 Å². The highest BCUT2D eigenvalue weighted by molar-refractivity contribution is 14.0. The van der Waals surface area contributed by atoms with E-state index in [4.69, 9.17) is 0 Å². The van der Waals surface area contributed by atoms with Gasteiger partial charge in [-0.05, 0) is 38.8 Å². The first-order chi connectivity index (χ1) is 11.1. The predicted molar refractivity (Wildman–Crippen MR) is 111 cm³/mol. The van der Waals surface area contributed by atoms with Gasteiger partial charge in [0.1, 0.15) is 0 Å². The third-order valence-electron chi connectivity index (χ3n) is 3.65. The standard InChI is InChI=1S/C18H27N5.HI/c1-5-19-18(21-13-17-7-9-22-23(17)4)20-8-6-16-11-14(2)10-15(3)12-16;/h7,9-12H,5-6,8,13H2,1-4H3,(H2,19,20,21);1H. The molecule has 0 aliphatic carbocycles. The van der Waals surface area contributed by atoms with Crippen molar-refractivity contribution in [1.29, 1.82) is 0 Å². The fourth-order valence-corrected chi connectivity index (χ4v) is 2.60. The van der Waals surface area contributed by atoms with Crippen LogP contribution in [0.1, 0.15) is 29.3 Å². The Labute approximate surface area is 162 Å². The van der Waals surface area contributed by atoms with Crippen LogP contribution < -0.4 is 10.6 Å². The van der Waals surface area contributed by atoms with E-state index < -0.39 is 0 Å². The molecular weight excluding hydrogens is 413 g/mol. The van der Waals surface area contributed by atoms with Crippen molar-refractivity contribution in [3.63, 3.8) is 0 Å². The smallest absolute Gasteiger partial charge is 0.191 e. The monoisotopic (exact) mass is 441 g/mol. The van der Waals surface area contributed by atoms with Crippen molar-refractivity contribution in [1.82, 2.24) is 20.4 Å². The molecule has 1 heterocycles. The quantitative estimate of drug-likeness (QED) is 0.412. The Bertz CT molecular complexity index is 643. The molecule has 0 bridgehead atoms. The molecular formula is C18H28IN5. The highest BCUT2D eigenvalue weighted by Crippen LogP contribution is 2.09. The van der Waals surface area contributed by atoms with E-state index in [0.29, 0.717) is 6.54 Å². The van der Waals surface area contributed by atoms with Gasteiger partial charge in [-0.3, -0.25) is 4.68 Å². The van der Waals surface area contributed by atoms with E-state index >= 15 is 0 Å². The molecule has 2 rings (SSSR count). The summed E-state index contributed by atoms with van der Waals surface area (Å²) in [5.74, 6) is 0.845. The van der Waals surface area contributed by atoms with Crippen molar-refractivity contribution in [3.05, 3.63) is 52.8 Å². The maximum atomic E-state index is 4.62. The largest absolute Gasteiger partial charge is 0.357 e. The van der Waals surface area contributed by atoms with E-state index in [1.54, 1.807) is 6.20 Å². The molecule has 0 fully saturated rings. The summed E-state index contributed by atoms with van der Waals surface area (Å²) in [6.45, 7) is 8.69. The van der Waals surface area contributed by atoms with Gasteiger partial charge in [-0.1, -0.05) is 29.3 Å². The number of halogens is 1. The second-order valence-electron chi connectivity index (χ2n) is 5.81. The molecule has 0 aliphatic rings. The Kier molecular flexibility index (Phi) is 8.81. The van der Waals surface area contributed by atoms with Crippen LogP contribution in [0.5, 0.6) is 0 Å². The average Bonchev–Trinajstić information content (AvgIpc) is 2.89. The number of aliphatic imine (C=N–C) groups is 1. The Morgan fingerprint density at radius 2 is 1.88 bits per heavy atom. The minimum absolute atomic E-state index is 0. The fraction of sp³-hybridized carbons (Fsp3) is 0.444. The average molecular weight is 441 g/mol. The summed E-state index contributed by atoms with van der Waals surface area (Å²) >= 11 is 0. The summed E-state index contributed by atoms with van der Waals surface area (Å²) in [4.78, 5) is 4.62. The maximum absolute atomic E-state index is 4.62. The van der Waals surface area contributed by atoms with E-state index in [1.165, 1.54) is 16.7 Å². The number of aromatic nitrogens is 2. The van der Waals surface area contributed by atoms with Crippen molar-refractivity contribution in [3.8, 4) is 0 Å². The number of aryl methyl sites for hydroxylation is 3. The van der Waals surface area contributed by atoms with E-state index in [1.807, 2.05) is 17.8 Å². The third kappa shape index (κ3) is 6.51. The zero-order chi connectivity index (χ0) is 16.7. The Balaban J connectivity index is 0.00000288. The normalized spacial score (nSPS) is 11.1. The molecule has 0 saturated carbocycles. The lowest BCUT2D eigenvalue weighted by atomic mass is 10.1. The lowest BCUT2D eigenvalue weighted by Crippen LogP contribution is -2.38. The molecule has 2 aromatic rings. The molecule has 1 aromatic carbocycles. The van der Waals surface area contributed by atoms with Crippen LogP contribution in [-0.2, 0) is 20.0 Å². The first-order valence-electron chi connectivity index (χ1n) is 8.14. The summed E-state index contributed by atoms with van der Waals surface area (Å²) in [5, 5.41) is 10.8. The molecule has 6 heteroatoms. The van der Waals surface area contributed by atoms with Gasteiger partial charge in [0.15, 0.2) is 5.96 Å². The van der Waals surface area contributed by atoms with Crippen molar-refractivity contribution >= 4 is 29.9 Å². The number of hydrogen-bond donors (Lipinski definition) is 2. The molecule has 0 radical (unpaired) electrons. The van der Waals surface area contributed by atoms with Crippen molar-refractivity contribution in [2.45, 2.75) is 33.7 Å². The lowest BCUT2D eigenvalue weighted by molar-refractivity contribution is 0.707. The third-order valence-corrected chi connectivity index (χ3v) is 3.65. The number of nitrogens with zero attached hydrogens (tertiary/aromatic N) is 3. The van der Waals surface area contributed by atoms with Crippen LogP contribution >= 0.6 is 24.0 Å². The molecule has 24 heavy (non-hydrogen) atoms. The number of nitrogens with one attached hydrogen (secondary N) is 2. The first kappa shape index (κ1) is 20.5. The van der Waals surface area contributed by atoms with Crippen LogP contribution in [0.3, 0.4) is 0 Å². The van der Waals surface area contributed by atoms with E-state index in [0.717, 1.165) is 31.2 Å². The Hall–Kier alpha value is -1.57. The molecule has 1 aromatic heterocycles. The van der Waals surface area contributed by atoms with Gasteiger partial charge in [-0.2, -0.15) is 5.10 Å². The highest BCUT2D eigenvalue weighted by Gasteiger charge is 2.01. The van der Waals surface area contributed by atoms with Gasteiger partial charge in [-0.25, -0.2) is 4.99 Å². The molecule has 0 aliphatic heterocycles. The summed E-state index contributed by atoms with van der Waals surface area (Å²) in [6.07, 6.45) is 2.78. The van der Waals surface area contributed by atoms with Gasteiger partial charge in [0.25, 0.3) is 0 Å². The van der Waals surface area contributed by atoms with Gasteiger partial charge in [0, 0.05) is 26.3 Å². The summed E-state index contributed by atoms with van der Waals surface area (Å²) < 4.78 is 1.85. The first-order valence-corrected chi connectivity index (χ1v) is 8.14. The number of benzene rings is 1. The SMILES string of the molecule is CCNC(=NCc1ccnn1C)NCCc1cc(C)cc(C)c1.I. The molecule has 0 amide bonds. The summed E-state index contributed by atoms with van der Waals surface area (Å²) in [5.41, 5.74) is 5.09. The fourth-order valence-electron chi connectivity index (χ4n) is 2.60. The van der Waals surface area contributed by atoms with Crippen molar-refractivity contribution in [2.75, 3.05) is 13.1 Å². The molecule has 0 saturated heterocycles. The number of guanidine groups is 1. The number of rotatable bonds is 6. The predicted octanol–water partition coefficient (Wildman–Crippen LogP) is 2.95. The molecule has 5 nitrogen and oxygen atoms in total. The van der Waals surface area contributed by atoms with Crippen LogP contribution in [0.25, 0.3) is 0 Å². The minimum atomic E-state index is 0. The maximum Gasteiger partial charge on any atom is 0.191 e. The van der Waals surface area contributed by atoms with E-state index in [-0.39, 0.29) is 24.0 Å². The zero-order valence-electron chi connectivity index (χ0n) is 15.0. The Morgan fingerprint density at radius 1 is 1.17 bits per heavy atom.